The molecule has 0 aliphatic carbocycles. The molecule has 2 aliphatic rings. The molecule has 4 heterocycles. The summed E-state index contributed by atoms with van der Waals surface area (Å²) in [4.78, 5) is 53.9. The number of ketones is 1. The molecular weight excluding hydrogens is 847 g/mol. The van der Waals surface area contributed by atoms with Gasteiger partial charge in [0.1, 0.15) is 12.1 Å². The zero-order chi connectivity index (χ0) is 37.1. The van der Waals surface area contributed by atoms with Crippen LogP contribution in [0.15, 0.2) is 45.2 Å². The molecule has 1 amide bonds. The highest BCUT2D eigenvalue weighted by Gasteiger charge is 2.36. The van der Waals surface area contributed by atoms with E-state index in [1.165, 1.54) is 0 Å². The number of nitrogens with zero attached hydrogens (tertiary/aromatic N) is 6. The molecule has 0 spiro atoms. The summed E-state index contributed by atoms with van der Waals surface area (Å²) >= 11 is 0. The van der Waals surface area contributed by atoms with Gasteiger partial charge in [-0.1, -0.05) is 72.9 Å². The van der Waals surface area contributed by atoms with Crippen LogP contribution < -0.4 is 5.32 Å². The lowest BCUT2D eigenvalue weighted by molar-refractivity contribution is -0.146. The van der Waals surface area contributed by atoms with E-state index in [1.54, 1.807) is 13.0 Å². The first-order valence-electron chi connectivity index (χ1n) is 17.6. The van der Waals surface area contributed by atoms with E-state index in [0.717, 1.165) is 53.5 Å². The van der Waals surface area contributed by atoms with E-state index in [1.807, 2.05) is 60.9 Å². The van der Waals surface area contributed by atoms with Crippen LogP contribution in [0.4, 0.5) is 5.69 Å². The summed E-state index contributed by atoms with van der Waals surface area (Å²) in [5, 5.41) is 38.3. The number of aliphatic carboxylic acids is 2. The van der Waals surface area contributed by atoms with Gasteiger partial charge < -0.3 is 24.4 Å². The van der Waals surface area contributed by atoms with Crippen LogP contribution in [0.2, 0.25) is 0 Å². The molecule has 0 saturated carbocycles. The Bertz CT molecular complexity index is 1860. The predicted molar refractivity (Wildman–Crippen MR) is 255 cm³/mol. The van der Waals surface area contributed by atoms with Gasteiger partial charge in [0, 0.05) is 12.1 Å². The second kappa shape index (κ2) is 26.5. The van der Waals surface area contributed by atoms with Crippen molar-refractivity contribution in [2.24, 2.45) is 0 Å². The van der Waals surface area contributed by atoms with Crippen molar-refractivity contribution < 1.29 is 38.2 Å². The molecule has 15 nitrogen and oxygen atoms in total. The Morgan fingerprint density at radius 2 is 1.13 bits per heavy atom. The zero-order valence-corrected chi connectivity index (χ0v) is 35.7. The Morgan fingerprint density at radius 1 is 0.683 bits per heavy atom. The van der Waals surface area contributed by atoms with Crippen LogP contribution in [0, 0.1) is 13.8 Å². The third-order valence-electron chi connectivity index (χ3n) is 10.4. The fourth-order valence-corrected chi connectivity index (χ4v) is 7.31. The Balaban J connectivity index is -0.00000406. The van der Waals surface area contributed by atoms with Crippen LogP contribution in [0.25, 0.3) is 11.1 Å². The third-order valence-corrected chi connectivity index (χ3v) is 10.4. The molecule has 4 aromatic rings. The molecule has 4 atom stereocenters. The van der Waals surface area contributed by atoms with Crippen molar-refractivity contribution in [1.29, 1.82) is 0 Å². The number of hydrogen-bond acceptors (Lipinski definition) is 12. The van der Waals surface area contributed by atoms with E-state index < -0.39 is 42.0 Å². The van der Waals surface area contributed by atoms with Crippen molar-refractivity contribution in [3.63, 3.8) is 0 Å². The number of benzene rings is 2. The molecule has 0 bridgehead atoms. The van der Waals surface area contributed by atoms with Crippen LogP contribution in [0.5, 0.6) is 0 Å². The smallest absolute Gasteiger partial charge is 0.320 e. The van der Waals surface area contributed by atoms with Gasteiger partial charge in [-0.15, -0.1) is 20.4 Å². The number of carboxylic acid groups (broad SMARTS) is 2. The highest BCUT2D eigenvalue weighted by molar-refractivity contribution is 7.59. The number of carbonyl (C=O) groups excluding carboxylic acids is 2. The summed E-state index contributed by atoms with van der Waals surface area (Å²) in [6, 6.07) is 8.95. The number of likely N-dealkylation sites (tertiary alicyclic amines) is 2. The summed E-state index contributed by atoms with van der Waals surface area (Å²) in [6.45, 7) is 8.57. The average molecular weight is 914 g/mol. The van der Waals surface area contributed by atoms with Crippen molar-refractivity contribution in [3.05, 3.63) is 76.7 Å². The molecule has 338 valence electrons. The van der Waals surface area contributed by atoms with Crippen LogP contribution in [0.1, 0.15) is 144 Å². The maximum atomic E-state index is 13.4. The summed E-state index contributed by atoms with van der Waals surface area (Å²) < 4.78 is 11.5. The second-order valence-electron chi connectivity index (χ2n) is 13.5. The average Bonchev–Trinajstić information content (AvgIpc) is 3.85. The maximum absolute atomic E-state index is 13.4. The number of aromatic nitrogens is 4. The number of anilines is 1. The predicted octanol–water partition coefficient (Wildman–Crippen LogP) is 8.41. The Kier molecular flexibility index (Phi) is 26.6. The van der Waals surface area contributed by atoms with E-state index in [4.69, 9.17) is 8.83 Å². The van der Waals surface area contributed by atoms with Gasteiger partial charge in [-0.25, -0.2) is 0 Å². The SMILES string of the molecule is C.C.C.C.Cc1c(CC(=O)c2nnc([C@H](C)N3CCCC[C@H]3C(=O)O)o2)cccc1-c1cccc(NC(=O)c2nnc([C@H](C)N3CCCC[C@H]3C(=O)O)o2)c1C.S.S.S.S. The number of hydrogen-bond donors (Lipinski definition) is 3. The van der Waals surface area contributed by atoms with Crippen LogP contribution in [-0.2, 0) is 16.0 Å². The van der Waals surface area contributed by atoms with E-state index >= 15 is 0 Å². The summed E-state index contributed by atoms with van der Waals surface area (Å²) in [5.41, 5.74) is 4.65. The quantitative estimate of drug-likeness (QED) is 0.114. The molecular formula is C41H67N7O8S4. The van der Waals surface area contributed by atoms with Crippen LogP contribution in [0.3, 0.4) is 0 Å². The summed E-state index contributed by atoms with van der Waals surface area (Å²) in [6.07, 6.45) is 4.48. The van der Waals surface area contributed by atoms with Crippen molar-refractivity contribution in [1.82, 2.24) is 30.2 Å². The largest absolute Gasteiger partial charge is 0.480 e. The molecule has 19 heteroatoms. The van der Waals surface area contributed by atoms with Crippen molar-refractivity contribution in [3.8, 4) is 11.1 Å². The lowest BCUT2D eigenvalue weighted by atomic mass is 9.91. The Hall–Kier alpha value is -3.88. The Labute approximate surface area is 382 Å². The number of carboxylic acids is 2. The highest BCUT2D eigenvalue weighted by Crippen LogP contribution is 2.34. The standard InChI is InChI=1S/C37H43N7O8.4CH4.4H2S/c1-20-24(19-30(45)34-41-39-32(51-34)22(3)43-17-7-5-15-28(43)36(47)48)11-9-12-25(20)26-13-10-14-27(21(26)2)38-31(46)35-42-40-33(52-35)23(4)44-18-8-6-16-29(44)37(49)50;;;;;;;;/h9-14,22-23,28-29H,5-8,15-19H2,1-4H3,(H,38,46)(H,47,48)(H,49,50);4*1H4;4*1H2/t22-,23-,28-,29-;;;;;;;;/m0......../s1. The van der Waals surface area contributed by atoms with E-state index in [-0.39, 0.29) is 119 Å². The molecule has 2 aromatic heterocycles. The third kappa shape index (κ3) is 13.1. The number of carbonyl (C=O) groups is 4. The first-order chi connectivity index (χ1) is 24.9. The molecule has 0 radical (unpaired) electrons. The Morgan fingerprint density at radius 3 is 1.63 bits per heavy atom. The van der Waals surface area contributed by atoms with Gasteiger partial charge in [-0.05, 0) is 100 Å². The topological polar surface area (TPSA) is 205 Å². The molecule has 0 unspecified atom stereocenters. The lowest BCUT2D eigenvalue weighted by Gasteiger charge is -2.35. The van der Waals surface area contributed by atoms with E-state index in [0.29, 0.717) is 31.6 Å². The maximum Gasteiger partial charge on any atom is 0.320 e. The fraction of sp³-hybridized carbons (Fsp3) is 0.512. The highest BCUT2D eigenvalue weighted by atomic mass is 32.1. The molecule has 2 aliphatic heterocycles. The zero-order valence-electron chi connectivity index (χ0n) is 31.7. The van der Waals surface area contributed by atoms with Crippen LogP contribution in [-0.4, -0.2) is 89.2 Å². The van der Waals surface area contributed by atoms with Crippen molar-refractivity contribution in [2.75, 3.05) is 18.4 Å². The monoisotopic (exact) mass is 913 g/mol. The second-order valence-corrected chi connectivity index (χ2v) is 13.5. The van der Waals surface area contributed by atoms with Crippen LogP contribution >= 0.6 is 54.0 Å². The van der Waals surface area contributed by atoms with Gasteiger partial charge in [-0.2, -0.15) is 54.0 Å². The molecule has 2 aromatic carbocycles. The molecule has 2 fully saturated rings. The molecule has 6 rings (SSSR count). The van der Waals surface area contributed by atoms with Gasteiger partial charge in [0.05, 0.1) is 12.1 Å². The van der Waals surface area contributed by atoms with Gasteiger partial charge in [0.2, 0.25) is 17.6 Å². The first kappa shape index (κ1) is 60.4. The minimum absolute atomic E-state index is 0. The molecule has 2 saturated heterocycles. The van der Waals surface area contributed by atoms with Gasteiger partial charge in [0.15, 0.2) is 0 Å². The summed E-state index contributed by atoms with van der Waals surface area (Å²) in [5.74, 6) is -2.73. The first-order valence-corrected chi connectivity index (χ1v) is 17.6. The number of amides is 1. The number of piperidine rings is 2. The molecule has 60 heavy (non-hydrogen) atoms. The number of rotatable bonds is 12. The minimum Gasteiger partial charge on any atom is -0.480 e. The molecule has 3 N–H and O–H groups in total. The minimum atomic E-state index is -0.899. The lowest BCUT2D eigenvalue weighted by Crippen LogP contribution is -2.45. The normalized spacial score (nSPS) is 16.9. The van der Waals surface area contributed by atoms with E-state index in [2.05, 4.69) is 25.7 Å². The fourth-order valence-electron chi connectivity index (χ4n) is 7.31. The van der Waals surface area contributed by atoms with Gasteiger partial charge in [0.25, 0.3) is 5.89 Å². The van der Waals surface area contributed by atoms with Crippen molar-refractivity contribution in [2.45, 2.75) is 127 Å². The van der Waals surface area contributed by atoms with Crippen molar-refractivity contribution >= 4 is 83.3 Å². The number of nitrogens with one attached hydrogen (secondary N) is 1. The van der Waals surface area contributed by atoms with Gasteiger partial charge >= 0.3 is 23.7 Å². The summed E-state index contributed by atoms with van der Waals surface area (Å²) in [7, 11) is 0. The van der Waals surface area contributed by atoms with Gasteiger partial charge in [-0.3, -0.25) is 29.0 Å². The number of Topliss-reactive ketones (excluding diaryl/α,β-unsaturated/α-hetero) is 1. The van der Waals surface area contributed by atoms with E-state index in [9.17, 15) is 29.4 Å².